The fourth-order valence-electron chi connectivity index (χ4n) is 3.25. The molecule has 118 valence electrons. The fraction of sp³-hybridized carbons (Fsp3) is 0.684. The smallest absolute Gasteiger partial charge is 0.123 e. The van der Waals surface area contributed by atoms with Crippen molar-refractivity contribution in [3.63, 3.8) is 0 Å². The van der Waals surface area contributed by atoms with Crippen LogP contribution in [0, 0.1) is 12.3 Å². The summed E-state index contributed by atoms with van der Waals surface area (Å²) < 4.78 is 6.33. The molecule has 21 heavy (non-hydrogen) atoms. The monoisotopic (exact) mass is 306 g/mol. The number of thiol groups is 1. The van der Waals surface area contributed by atoms with E-state index < -0.39 is 0 Å². The van der Waals surface area contributed by atoms with E-state index in [2.05, 4.69) is 58.5 Å². The summed E-state index contributed by atoms with van der Waals surface area (Å²) in [7, 11) is 0. The van der Waals surface area contributed by atoms with E-state index in [1.54, 1.807) is 0 Å². The molecule has 0 aliphatic heterocycles. The quantitative estimate of drug-likeness (QED) is 0.717. The molecule has 0 heterocycles. The summed E-state index contributed by atoms with van der Waals surface area (Å²) in [5, 5.41) is 0. The molecule has 0 bridgehead atoms. The van der Waals surface area contributed by atoms with Gasteiger partial charge in [0.15, 0.2) is 0 Å². The van der Waals surface area contributed by atoms with Gasteiger partial charge < -0.3 is 4.74 Å². The van der Waals surface area contributed by atoms with Gasteiger partial charge in [-0.15, -0.1) is 0 Å². The number of hydrogen-bond acceptors (Lipinski definition) is 2. The van der Waals surface area contributed by atoms with Gasteiger partial charge in [0.25, 0.3) is 0 Å². The second-order valence-electron chi connectivity index (χ2n) is 7.76. The Labute approximate surface area is 135 Å². The molecule has 0 spiro atoms. The second-order valence-corrected chi connectivity index (χ2v) is 8.07. The zero-order valence-electron chi connectivity index (χ0n) is 14.0. The zero-order valence-corrected chi connectivity index (χ0v) is 14.9. The second kappa shape index (κ2) is 6.64. The molecular weight excluding hydrogens is 276 g/mol. The molecule has 0 N–H and O–H groups in total. The highest BCUT2D eigenvalue weighted by atomic mass is 32.1. The van der Waals surface area contributed by atoms with Crippen molar-refractivity contribution in [3.05, 3.63) is 29.3 Å². The number of ether oxygens (including phenoxy) is 1. The van der Waals surface area contributed by atoms with Crippen LogP contribution in [0.15, 0.2) is 18.2 Å². The summed E-state index contributed by atoms with van der Waals surface area (Å²) >= 11 is 4.62. The van der Waals surface area contributed by atoms with Crippen molar-refractivity contribution in [1.82, 2.24) is 0 Å². The highest BCUT2D eigenvalue weighted by Gasteiger charge is 2.32. The van der Waals surface area contributed by atoms with E-state index in [4.69, 9.17) is 4.74 Å². The number of benzene rings is 1. The maximum Gasteiger partial charge on any atom is 0.123 e. The van der Waals surface area contributed by atoms with Gasteiger partial charge in [0.2, 0.25) is 0 Å². The van der Waals surface area contributed by atoms with Crippen molar-refractivity contribution in [2.45, 2.75) is 65.2 Å². The molecule has 1 nitrogen and oxygen atoms in total. The Morgan fingerprint density at radius 1 is 1.14 bits per heavy atom. The lowest BCUT2D eigenvalue weighted by Crippen LogP contribution is -2.33. The maximum atomic E-state index is 6.33. The van der Waals surface area contributed by atoms with Crippen LogP contribution in [0.5, 0.6) is 5.75 Å². The first-order valence-electron chi connectivity index (χ1n) is 8.21. The summed E-state index contributed by atoms with van der Waals surface area (Å²) in [4.78, 5) is 0. The highest BCUT2D eigenvalue weighted by molar-refractivity contribution is 7.80. The van der Waals surface area contributed by atoms with Crippen molar-refractivity contribution in [2.24, 2.45) is 5.41 Å². The third kappa shape index (κ3) is 4.18. The lowest BCUT2D eigenvalue weighted by molar-refractivity contribution is 0.119. The molecule has 0 saturated heterocycles. The minimum Gasteiger partial charge on any atom is -0.493 e. The molecule has 1 aromatic carbocycles. The molecule has 0 atom stereocenters. The summed E-state index contributed by atoms with van der Waals surface area (Å²) in [5.74, 6) is 2.00. The van der Waals surface area contributed by atoms with Gasteiger partial charge >= 0.3 is 0 Å². The number of rotatable bonds is 4. The molecule has 0 radical (unpaired) electrons. The van der Waals surface area contributed by atoms with Crippen LogP contribution < -0.4 is 4.74 Å². The summed E-state index contributed by atoms with van der Waals surface area (Å²) in [5.41, 5.74) is 2.96. The standard InChI is InChI=1S/C19H30OS/c1-15-8-9-16(18(2,3)4)17(12-15)20-13-19(14-21)10-6-5-7-11-19/h8-9,12,21H,5-7,10-11,13-14H2,1-4H3. The van der Waals surface area contributed by atoms with E-state index >= 15 is 0 Å². The Bertz CT molecular complexity index is 467. The van der Waals surface area contributed by atoms with Crippen LogP contribution in [0.2, 0.25) is 0 Å². The molecule has 0 amide bonds. The predicted molar refractivity (Wildman–Crippen MR) is 94.7 cm³/mol. The lowest BCUT2D eigenvalue weighted by atomic mass is 9.76. The highest BCUT2D eigenvalue weighted by Crippen LogP contribution is 2.39. The first kappa shape index (κ1) is 16.7. The largest absolute Gasteiger partial charge is 0.493 e. The maximum absolute atomic E-state index is 6.33. The van der Waals surface area contributed by atoms with Crippen molar-refractivity contribution in [2.75, 3.05) is 12.4 Å². The van der Waals surface area contributed by atoms with Crippen molar-refractivity contribution >= 4 is 12.6 Å². The molecular formula is C19H30OS. The summed E-state index contributed by atoms with van der Waals surface area (Å²) in [6, 6.07) is 6.59. The van der Waals surface area contributed by atoms with Gasteiger partial charge in [-0.25, -0.2) is 0 Å². The molecule has 2 heteroatoms. The molecule has 0 unspecified atom stereocenters. The Morgan fingerprint density at radius 2 is 1.81 bits per heavy atom. The zero-order chi connectivity index (χ0) is 15.5. The van der Waals surface area contributed by atoms with Gasteiger partial charge in [-0.05, 0) is 48.1 Å². The van der Waals surface area contributed by atoms with E-state index in [1.807, 2.05) is 0 Å². The van der Waals surface area contributed by atoms with Gasteiger partial charge in [0.05, 0.1) is 6.61 Å². The van der Waals surface area contributed by atoms with Crippen molar-refractivity contribution < 1.29 is 4.74 Å². The van der Waals surface area contributed by atoms with Crippen LogP contribution in [0.25, 0.3) is 0 Å². The van der Waals surface area contributed by atoms with Gasteiger partial charge in [0.1, 0.15) is 5.75 Å². The first-order chi connectivity index (χ1) is 9.86. The van der Waals surface area contributed by atoms with Crippen LogP contribution in [-0.4, -0.2) is 12.4 Å². The topological polar surface area (TPSA) is 9.23 Å². The van der Waals surface area contributed by atoms with Gasteiger partial charge in [-0.3, -0.25) is 0 Å². The van der Waals surface area contributed by atoms with E-state index in [0.717, 1.165) is 18.1 Å². The van der Waals surface area contributed by atoms with Crippen molar-refractivity contribution in [3.8, 4) is 5.75 Å². The van der Waals surface area contributed by atoms with Gasteiger partial charge in [-0.2, -0.15) is 12.6 Å². The lowest BCUT2D eigenvalue weighted by Gasteiger charge is -2.36. The van der Waals surface area contributed by atoms with E-state index in [-0.39, 0.29) is 10.8 Å². The van der Waals surface area contributed by atoms with Crippen molar-refractivity contribution in [1.29, 1.82) is 0 Å². The third-order valence-electron chi connectivity index (χ3n) is 4.73. The van der Waals surface area contributed by atoms with E-state index in [9.17, 15) is 0 Å². The Hall–Kier alpha value is -0.630. The molecule has 1 saturated carbocycles. The minimum absolute atomic E-state index is 0.115. The van der Waals surface area contributed by atoms with Crippen LogP contribution in [-0.2, 0) is 5.41 Å². The van der Waals surface area contributed by atoms with Crippen LogP contribution in [0.4, 0.5) is 0 Å². The summed E-state index contributed by atoms with van der Waals surface area (Å²) in [6.07, 6.45) is 6.53. The molecule has 1 aliphatic carbocycles. The molecule has 0 aromatic heterocycles. The summed E-state index contributed by atoms with van der Waals surface area (Å²) in [6.45, 7) is 9.69. The average Bonchev–Trinajstić information content (AvgIpc) is 2.45. The Morgan fingerprint density at radius 3 is 2.38 bits per heavy atom. The predicted octanol–water partition coefficient (Wildman–Crippen LogP) is 5.55. The number of hydrogen-bond donors (Lipinski definition) is 1. The van der Waals surface area contributed by atoms with Gasteiger partial charge in [0, 0.05) is 5.41 Å². The molecule has 1 fully saturated rings. The average molecular weight is 307 g/mol. The fourth-order valence-corrected chi connectivity index (χ4v) is 3.66. The van der Waals surface area contributed by atoms with Crippen LogP contribution in [0.1, 0.15) is 64.0 Å². The molecule has 2 rings (SSSR count). The van der Waals surface area contributed by atoms with Crippen LogP contribution >= 0.6 is 12.6 Å². The molecule has 1 aliphatic rings. The Balaban J connectivity index is 2.17. The number of aryl methyl sites for hydroxylation is 1. The first-order valence-corrected chi connectivity index (χ1v) is 8.84. The van der Waals surface area contributed by atoms with Gasteiger partial charge in [-0.1, -0.05) is 52.2 Å². The SMILES string of the molecule is Cc1ccc(C(C)(C)C)c(OCC2(CS)CCCCC2)c1. The minimum atomic E-state index is 0.115. The molecule has 1 aromatic rings. The van der Waals surface area contributed by atoms with E-state index in [1.165, 1.54) is 43.2 Å². The third-order valence-corrected chi connectivity index (χ3v) is 5.40. The normalized spacial score (nSPS) is 18.5. The van der Waals surface area contributed by atoms with E-state index in [0.29, 0.717) is 0 Å². The Kier molecular flexibility index (Phi) is 5.29. The van der Waals surface area contributed by atoms with Crippen LogP contribution in [0.3, 0.4) is 0 Å².